The molecule has 2 bridgehead atoms. The number of carbonyl (C=O) groups excluding carboxylic acids is 4. The van der Waals surface area contributed by atoms with Crippen LogP contribution in [0.1, 0.15) is 68.0 Å². The lowest BCUT2D eigenvalue weighted by atomic mass is 9.68. The van der Waals surface area contributed by atoms with E-state index in [9.17, 15) is 28.7 Å². The number of hydrogen-bond donors (Lipinski definition) is 2. The highest BCUT2D eigenvalue weighted by Gasteiger charge is 2.44. The van der Waals surface area contributed by atoms with E-state index in [2.05, 4.69) is 10.3 Å². The van der Waals surface area contributed by atoms with Gasteiger partial charge >= 0.3 is 0 Å². The van der Waals surface area contributed by atoms with Gasteiger partial charge in [-0.3, -0.25) is 19.2 Å². The minimum Gasteiger partial charge on any atom is -0.457 e. The van der Waals surface area contributed by atoms with Crippen molar-refractivity contribution in [1.82, 2.24) is 24.7 Å². The molecule has 1 aliphatic heterocycles. The van der Waals surface area contributed by atoms with Crippen molar-refractivity contribution in [3.63, 3.8) is 0 Å². The molecular weight excluding hydrogens is 906 g/mol. The third-order valence-electron chi connectivity index (χ3n) is 13.1. The fraction of sp³-hybridized carbons (Fsp3) is 0.392. The fourth-order valence-electron chi connectivity index (χ4n) is 9.40. The quantitative estimate of drug-likeness (QED) is 0.127. The van der Waals surface area contributed by atoms with Crippen molar-refractivity contribution in [3.05, 3.63) is 135 Å². The van der Waals surface area contributed by atoms with Gasteiger partial charge in [0.25, 0.3) is 0 Å². The van der Waals surface area contributed by atoms with Crippen molar-refractivity contribution >= 4 is 46.6 Å². The van der Waals surface area contributed by atoms with E-state index in [0.29, 0.717) is 59.3 Å². The average molecular weight is 961 g/mol. The van der Waals surface area contributed by atoms with Crippen LogP contribution >= 0.6 is 23.2 Å². The van der Waals surface area contributed by atoms with Gasteiger partial charge in [-0.05, 0) is 107 Å². The third kappa shape index (κ3) is 11.8. The first-order chi connectivity index (χ1) is 31.9. The summed E-state index contributed by atoms with van der Waals surface area (Å²) < 4.78 is 53.3. The van der Waals surface area contributed by atoms with Gasteiger partial charge < -0.3 is 29.5 Å². The molecule has 1 unspecified atom stereocenters. The molecule has 1 saturated heterocycles. The molecular formula is C51H54Cl2F3N5O6. The van der Waals surface area contributed by atoms with Crippen LogP contribution in [0, 0.1) is 35.2 Å². The Hall–Kier alpha value is -5.54. The molecule has 2 aliphatic rings. The van der Waals surface area contributed by atoms with Crippen molar-refractivity contribution in [2.24, 2.45) is 24.8 Å². The Kier molecular flexibility index (Phi) is 15.6. The summed E-state index contributed by atoms with van der Waals surface area (Å²) in [6.45, 7) is 1.23. The van der Waals surface area contributed by atoms with Gasteiger partial charge in [-0.2, -0.15) is 0 Å². The summed E-state index contributed by atoms with van der Waals surface area (Å²) in [6, 6.07) is 19.0. The van der Waals surface area contributed by atoms with Crippen LogP contribution in [-0.4, -0.2) is 80.1 Å². The minimum absolute atomic E-state index is 0.109. The number of fused-ring (bicyclic) bond motifs is 2. The molecule has 354 valence electrons. The van der Waals surface area contributed by atoms with Crippen molar-refractivity contribution < 1.29 is 42.2 Å². The highest BCUT2D eigenvalue weighted by atomic mass is 35.5. The molecule has 1 aliphatic carbocycles. The predicted octanol–water partition coefficient (Wildman–Crippen LogP) is 9.07. The first-order valence-corrected chi connectivity index (χ1v) is 23.1. The van der Waals surface area contributed by atoms with Crippen LogP contribution in [0.4, 0.5) is 13.2 Å². The van der Waals surface area contributed by atoms with Gasteiger partial charge in [0.1, 0.15) is 40.6 Å². The minimum atomic E-state index is -1.32. The van der Waals surface area contributed by atoms with Gasteiger partial charge in [0, 0.05) is 76.1 Å². The normalized spacial score (nSPS) is 21.9. The van der Waals surface area contributed by atoms with E-state index in [4.69, 9.17) is 27.9 Å². The molecule has 5 atom stereocenters. The van der Waals surface area contributed by atoms with Crippen LogP contribution in [0.2, 0.25) is 10.0 Å². The maximum Gasteiger partial charge on any atom is 0.226 e. The number of amides is 2. The second-order valence-electron chi connectivity index (χ2n) is 18.2. The molecule has 11 nitrogen and oxygen atoms in total. The highest BCUT2D eigenvalue weighted by molar-refractivity contribution is 6.31. The summed E-state index contributed by atoms with van der Waals surface area (Å²) >= 11 is 12.7. The number of imidazole rings is 1. The van der Waals surface area contributed by atoms with E-state index in [0.717, 1.165) is 22.6 Å². The molecule has 2 heterocycles. The van der Waals surface area contributed by atoms with Crippen LogP contribution < -0.4 is 10.1 Å². The largest absolute Gasteiger partial charge is 0.457 e. The molecule has 5 aromatic rings. The first kappa shape index (κ1) is 49.4. The Morgan fingerprint density at radius 3 is 2.27 bits per heavy atom. The standard InChI is InChI=1S/C51H54Cl2F3N5O6/c1-30-45(63)19-36(29-62)50(66)58-51(24-31-7-12-37(52)13-8-31)17-5-6-33(25-51)49(65)35(18-41-42(55)22-39(54)23-43(41)56)20-48(64)61(30)27-34-9-14-38(53)21-46(34)67-40-15-10-32(11-16-40)44-26-57-47(60(44)4)28-59(2)3/h7-16,21-23,26,30,33,35-36,62H,5-6,17-20,24-25,27-29H2,1-4H3,(H,58,66)/t30-,33?,35+,36-,51+/m0/s1. The SMILES string of the molecule is C[C@H]1C(=O)C[C@@H](CO)C(=O)N[C@@]2(Cc3ccc(Cl)cc3)CCCC(C2)C(=O)[C@H](Cc2c(F)cc(F)cc2F)CC(=O)N1Cc1ccc(Cl)cc1Oc1ccc(-c2cnc(CN(C)C)n2C)cc1. The number of carbonyl (C=O) groups is 4. The smallest absolute Gasteiger partial charge is 0.226 e. The van der Waals surface area contributed by atoms with Crippen LogP contribution in [0.3, 0.4) is 0 Å². The molecule has 4 aromatic carbocycles. The van der Waals surface area contributed by atoms with Crippen molar-refractivity contribution in [3.8, 4) is 22.8 Å². The number of halogens is 5. The summed E-state index contributed by atoms with van der Waals surface area (Å²) in [4.78, 5) is 66.2. The molecule has 2 fully saturated rings. The van der Waals surface area contributed by atoms with Crippen LogP contribution in [-0.2, 0) is 52.2 Å². The zero-order valence-electron chi connectivity index (χ0n) is 37.8. The predicted molar refractivity (Wildman–Crippen MR) is 249 cm³/mol. The Morgan fingerprint density at radius 2 is 1.60 bits per heavy atom. The van der Waals surface area contributed by atoms with Crippen molar-refractivity contribution in [2.45, 2.75) is 83.0 Å². The number of ether oxygens (including phenoxy) is 1. The van der Waals surface area contributed by atoms with Gasteiger partial charge in [0.2, 0.25) is 11.8 Å². The van der Waals surface area contributed by atoms with Crippen LogP contribution in [0.5, 0.6) is 11.5 Å². The molecule has 7 rings (SSSR count). The first-order valence-electron chi connectivity index (χ1n) is 22.3. The van der Waals surface area contributed by atoms with Gasteiger partial charge in [-0.25, -0.2) is 18.2 Å². The second kappa shape index (κ2) is 21.2. The summed E-state index contributed by atoms with van der Waals surface area (Å²) in [5.74, 6) is -7.53. The Bertz CT molecular complexity index is 2600. The van der Waals surface area contributed by atoms with E-state index in [1.807, 2.05) is 54.9 Å². The molecule has 67 heavy (non-hydrogen) atoms. The lowest BCUT2D eigenvalue weighted by Crippen LogP contribution is -2.56. The summed E-state index contributed by atoms with van der Waals surface area (Å²) in [6.07, 6.45) is 1.92. The van der Waals surface area contributed by atoms with E-state index in [-0.39, 0.29) is 25.1 Å². The number of aliphatic hydroxyl groups excluding tert-OH is 1. The second-order valence-corrected chi connectivity index (χ2v) is 19.1. The number of ketones is 2. The molecule has 0 radical (unpaired) electrons. The highest BCUT2D eigenvalue weighted by Crippen LogP contribution is 2.40. The number of rotatable bonds is 12. The Labute approximate surface area is 398 Å². The number of nitrogens with one attached hydrogen (secondary N) is 1. The molecule has 2 amide bonds. The Morgan fingerprint density at radius 1 is 0.910 bits per heavy atom. The monoisotopic (exact) mass is 959 g/mol. The molecule has 1 saturated carbocycles. The topological polar surface area (TPSA) is 134 Å². The molecule has 16 heteroatoms. The summed E-state index contributed by atoms with van der Waals surface area (Å²) in [5.41, 5.74) is 1.45. The van der Waals surface area contributed by atoms with E-state index >= 15 is 8.78 Å². The van der Waals surface area contributed by atoms with Crippen molar-refractivity contribution in [2.75, 3.05) is 20.7 Å². The van der Waals surface area contributed by atoms with Crippen LogP contribution in [0.25, 0.3) is 11.3 Å². The number of Topliss-reactive ketones (excluding diaryl/α,β-unsaturated/α-hetero) is 2. The van der Waals surface area contributed by atoms with Crippen LogP contribution in [0.15, 0.2) is 85.1 Å². The molecule has 2 N–H and O–H groups in total. The third-order valence-corrected chi connectivity index (χ3v) is 13.5. The zero-order chi connectivity index (χ0) is 48.2. The van der Waals surface area contributed by atoms with E-state index in [1.165, 1.54) is 11.8 Å². The number of aliphatic hydroxyl groups is 1. The lowest BCUT2D eigenvalue weighted by molar-refractivity contribution is -0.144. The van der Waals surface area contributed by atoms with Gasteiger partial charge in [-0.15, -0.1) is 0 Å². The number of nitrogens with zero attached hydrogens (tertiary/aromatic N) is 4. The summed E-state index contributed by atoms with van der Waals surface area (Å²) in [7, 11) is 5.88. The molecule has 1 aromatic heterocycles. The number of aromatic nitrogens is 2. The number of benzene rings is 4. The van der Waals surface area contributed by atoms with Gasteiger partial charge in [0.05, 0.1) is 43.5 Å². The van der Waals surface area contributed by atoms with Gasteiger partial charge in [-0.1, -0.05) is 47.8 Å². The Balaban J connectivity index is 1.24. The van der Waals surface area contributed by atoms with E-state index in [1.54, 1.807) is 48.7 Å². The average Bonchev–Trinajstić information content (AvgIpc) is 3.64. The maximum atomic E-state index is 15.4. The number of hydrogen-bond acceptors (Lipinski definition) is 8. The fourth-order valence-corrected chi connectivity index (χ4v) is 9.69. The maximum absolute atomic E-state index is 15.4. The van der Waals surface area contributed by atoms with Crippen molar-refractivity contribution in [1.29, 1.82) is 0 Å². The molecule has 0 spiro atoms. The van der Waals surface area contributed by atoms with E-state index < -0.39 is 102 Å². The zero-order valence-corrected chi connectivity index (χ0v) is 39.3. The van der Waals surface area contributed by atoms with Gasteiger partial charge in [0.15, 0.2) is 5.78 Å². The summed E-state index contributed by atoms with van der Waals surface area (Å²) in [5, 5.41) is 14.5. The lowest BCUT2D eigenvalue weighted by Gasteiger charge is -2.43.